The number of pyridine rings is 1. The van der Waals surface area contributed by atoms with Gasteiger partial charge in [-0.05, 0) is 37.1 Å². The molecule has 2 rings (SSSR count). The summed E-state index contributed by atoms with van der Waals surface area (Å²) in [5.74, 6) is -0.793. The molecule has 1 aromatic carbocycles. The fourth-order valence-corrected chi connectivity index (χ4v) is 4.07. The van der Waals surface area contributed by atoms with E-state index >= 15 is 0 Å². The largest absolute Gasteiger partial charge is 0.309 e. The number of anilines is 1. The van der Waals surface area contributed by atoms with Crippen LogP contribution < -0.4 is 10.0 Å². The first-order valence-electron chi connectivity index (χ1n) is 8.72. The minimum Gasteiger partial charge on any atom is -0.309 e. The summed E-state index contributed by atoms with van der Waals surface area (Å²) in [6.45, 7) is 1.74. The van der Waals surface area contributed by atoms with Crippen LogP contribution >= 0.6 is 0 Å². The van der Waals surface area contributed by atoms with Crippen LogP contribution in [0.15, 0.2) is 53.9 Å². The van der Waals surface area contributed by atoms with E-state index in [1.807, 2.05) is 0 Å². The molecule has 0 radical (unpaired) electrons. The minimum absolute atomic E-state index is 0.213. The van der Waals surface area contributed by atoms with Gasteiger partial charge in [-0.3, -0.25) is 4.79 Å². The van der Waals surface area contributed by atoms with Gasteiger partial charge in [0.05, 0.1) is 5.75 Å². The number of amides is 1. The van der Waals surface area contributed by atoms with Crippen molar-refractivity contribution in [3.8, 4) is 0 Å². The Morgan fingerprint density at radius 1 is 1.07 bits per heavy atom. The lowest BCUT2D eigenvalue weighted by molar-refractivity contribution is -0.117. The lowest BCUT2D eigenvalue weighted by atomic mass is 10.2. The van der Waals surface area contributed by atoms with E-state index in [4.69, 9.17) is 0 Å². The molecule has 0 aliphatic carbocycles. The van der Waals surface area contributed by atoms with Gasteiger partial charge in [-0.25, -0.2) is 21.8 Å². The SMILES string of the molecule is Cc1cccc(NC(=O)C(CCS(C)(=O)=O)NS(=O)(=O)/C=C/c2ccccc2)n1. The second-order valence-electron chi connectivity index (χ2n) is 6.50. The van der Waals surface area contributed by atoms with Crippen LogP contribution in [0.25, 0.3) is 6.08 Å². The van der Waals surface area contributed by atoms with Crippen LogP contribution in [0.4, 0.5) is 5.82 Å². The molecular formula is C19H23N3O5S2. The first-order valence-corrected chi connectivity index (χ1v) is 12.3. The van der Waals surface area contributed by atoms with E-state index in [-0.39, 0.29) is 18.0 Å². The fraction of sp³-hybridized carbons (Fsp3) is 0.263. The van der Waals surface area contributed by atoms with Crippen molar-refractivity contribution in [2.45, 2.75) is 19.4 Å². The lowest BCUT2D eigenvalue weighted by Crippen LogP contribution is -2.44. The summed E-state index contributed by atoms with van der Waals surface area (Å²) in [7, 11) is -7.39. The number of hydrogen-bond acceptors (Lipinski definition) is 6. The van der Waals surface area contributed by atoms with Crippen molar-refractivity contribution >= 4 is 37.7 Å². The average Bonchev–Trinajstić information content (AvgIpc) is 2.64. The number of aromatic nitrogens is 1. The second kappa shape index (κ2) is 9.77. The predicted octanol–water partition coefficient (Wildman–Crippen LogP) is 1.72. The number of benzene rings is 1. The maximum Gasteiger partial charge on any atom is 0.243 e. The highest BCUT2D eigenvalue weighted by Crippen LogP contribution is 2.09. The number of carbonyl (C=O) groups is 1. The zero-order chi connectivity index (χ0) is 21.5. The highest BCUT2D eigenvalue weighted by atomic mass is 32.2. The van der Waals surface area contributed by atoms with Gasteiger partial charge in [0.1, 0.15) is 21.7 Å². The predicted molar refractivity (Wildman–Crippen MR) is 113 cm³/mol. The number of carbonyl (C=O) groups excluding carboxylic acids is 1. The van der Waals surface area contributed by atoms with Crippen molar-refractivity contribution in [3.05, 3.63) is 65.2 Å². The Morgan fingerprint density at radius 2 is 1.76 bits per heavy atom. The minimum atomic E-state index is -4.00. The molecule has 0 aliphatic heterocycles. The zero-order valence-electron chi connectivity index (χ0n) is 16.1. The van der Waals surface area contributed by atoms with Crippen LogP contribution in [0.1, 0.15) is 17.7 Å². The molecule has 156 valence electrons. The molecule has 10 heteroatoms. The van der Waals surface area contributed by atoms with E-state index < -0.39 is 31.8 Å². The third-order valence-corrected chi connectivity index (χ3v) is 5.86. The molecule has 0 saturated heterocycles. The number of nitrogens with one attached hydrogen (secondary N) is 2. The molecule has 0 bridgehead atoms. The number of sulfonamides is 1. The third-order valence-electron chi connectivity index (χ3n) is 3.78. The van der Waals surface area contributed by atoms with E-state index in [1.165, 1.54) is 6.08 Å². The first kappa shape index (κ1) is 22.7. The van der Waals surface area contributed by atoms with Gasteiger partial charge in [-0.2, -0.15) is 4.72 Å². The average molecular weight is 438 g/mol. The number of aryl methyl sites for hydroxylation is 1. The normalized spacial score (nSPS) is 13.3. The Bertz CT molecular complexity index is 1080. The van der Waals surface area contributed by atoms with Gasteiger partial charge in [0.15, 0.2) is 0 Å². The van der Waals surface area contributed by atoms with E-state index in [0.29, 0.717) is 11.3 Å². The first-order chi connectivity index (χ1) is 13.5. The molecule has 0 aliphatic rings. The second-order valence-corrected chi connectivity index (χ2v) is 10.4. The molecule has 1 atom stereocenters. The Hall–Kier alpha value is -2.56. The Morgan fingerprint density at radius 3 is 2.38 bits per heavy atom. The molecule has 1 heterocycles. The topological polar surface area (TPSA) is 122 Å². The summed E-state index contributed by atoms with van der Waals surface area (Å²) in [6.07, 6.45) is 2.19. The quantitative estimate of drug-likeness (QED) is 0.616. The van der Waals surface area contributed by atoms with Crippen molar-refractivity contribution in [1.29, 1.82) is 0 Å². The molecule has 1 aromatic heterocycles. The zero-order valence-corrected chi connectivity index (χ0v) is 17.7. The van der Waals surface area contributed by atoms with Gasteiger partial charge in [0.2, 0.25) is 15.9 Å². The molecule has 8 nitrogen and oxygen atoms in total. The summed E-state index contributed by atoms with van der Waals surface area (Å²) in [4.78, 5) is 16.7. The highest BCUT2D eigenvalue weighted by molar-refractivity contribution is 7.92. The van der Waals surface area contributed by atoms with Crippen LogP contribution in [0.3, 0.4) is 0 Å². The van der Waals surface area contributed by atoms with Gasteiger partial charge in [-0.1, -0.05) is 36.4 Å². The van der Waals surface area contributed by atoms with Crippen molar-refractivity contribution in [2.75, 3.05) is 17.3 Å². The Kier molecular flexibility index (Phi) is 7.66. The van der Waals surface area contributed by atoms with Crippen LogP contribution in [-0.4, -0.2) is 45.8 Å². The standard InChI is InChI=1S/C19H23N3O5S2/c1-15-7-6-10-18(20-15)21-19(23)17(12-13-28(2,24)25)22-29(26,27)14-11-16-8-4-3-5-9-16/h3-11,14,17,22H,12-13H2,1-2H3,(H,20,21,23)/b14-11+. The third kappa shape index (κ3) is 8.55. The molecule has 1 amide bonds. The molecule has 1 unspecified atom stereocenters. The summed E-state index contributed by atoms with van der Waals surface area (Å²) in [5.41, 5.74) is 1.33. The summed E-state index contributed by atoms with van der Waals surface area (Å²) in [5, 5.41) is 3.46. The van der Waals surface area contributed by atoms with Crippen molar-refractivity contribution in [3.63, 3.8) is 0 Å². The van der Waals surface area contributed by atoms with Gasteiger partial charge >= 0.3 is 0 Å². The van der Waals surface area contributed by atoms with Gasteiger partial charge < -0.3 is 5.32 Å². The molecular weight excluding hydrogens is 414 g/mol. The molecule has 2 N–H and O–H groups in total. The van der Waals surface area contributed by atoms with Crippen LogP contribution in [-0.2, 0) is 24.7 Å². The Labute approximate surface area is 171 Å². The van der Waals surface area contributed by atoms with Crippen molar-refractivity contribution in [1.82, 2.24) is 9.71 Å². The van der Waals surface area contributed by atoms with Gasteiger partial charge in [-0.15, -0.1) is 0 Å². The summed E-state index contributed by atoms with van der Waals surface area (Å²) >= 11 is 0. The molecule has 0 spiro atoms. The molecule has 29 heavy (non-hydrogen) atoms. The molecule has 2 aromatic rings. The summed E-state index contributed by atoms with van der Waals surface area (Å²) in [6, 6.07) is 12.5. The van der Waals surface area contributed by atoms with E-state index in [1.54, 1.807) is 55.5 Å². The monoisotopic (exact) mass is 437 g/mol. The maximum atomic E-state index is 12.6. The maximum absolute atomic E-state index is 12.6. The number of sulfone groups is 1. The van der Waals surface area contributed by atoms with E-state index in [0.717, 1.165) is 11.7 Å². The number of hydrogen-bond donors (Lipinski definition) is 2. The number of nitrogens with zero attached hydrogens (tertiary/aromatic N) is 1. The van der Waals surface area contributed by atoms with Crippen molar-refractivity contribution < 1.29 is 21.6 Å². The smallest absolute Gasteiger partial charge is 0.243 e. The number of rotatable bonds is 9. The Balaban J connectivity index is 2.17. The van der Waals surface area contributed by atoms with Gasteiger partial charge in [0, 0.05) is 17.4 Å². The fourth-order valence-electron chi connectivity index (χ4n) is 2.37. The highest BCUT2D eigenvalue weighted by Gasteiger charge is 2.25. The van der Waals surface area contributed by atoms with Crippen LogP contribution in [0.5, 0.6) is 0 Å². The van der Waals surface area contributed by atoms with Crippen LogP contribution in [0, 0.1) is 6.92 Å². The van der Waals surface area contributed by atoms with Crippen LogP contribution in [0.2, 0.25) is 0 Å². The summed E-state index contributed by atoms with van der Waals surface area (Å²) < 4.78 is 50.1. The lowest BCUT2D eigenvalue weighted by Gasteiger charge is -2.17. The van der Waals surface area contributed by atoms with E-state index in [9.17, 15) is 21.6 Å². The molecule has 0 saturated carbocycles. The van der Waals surface area contributed by atoms with Gasteiger partial charge in [0.25, 0.3) is 0 Å². The van der Waals surface area contributed by atoms with Crippen molar-refractivity contribution in [2.24, 2.45) is 0 Å². The molecule has 0 fully saturated rings. The van der Waals surface area contributed by atoms with E-state index in [2.05, 4.69) is 15.0 Å².